The number of hydrogen-bond acceptors (Lipinski definition) is 7. The number of halogens is 5. The van der Waals surface area contributed by atoms with Crippen LogP contribution < -0.4 is 9.64 Å². The highest BCUT2D eigenvalue weighted by molar-refractivity contribution is 7.98. The number of ether oxygens (including phenoxy) is 1. The van der Waals surface area contributed by atoms with Crippen LogP contribution in [0.1, 0.15) is 31.7 Å². The van der Waals surface area contributed by atoms with E-state index in [4.69, 9.17) is 4.74 Å². The van der Waals surface area contributed by atoms with Gasteiger partial charge in [0.05, 0.1) is 6.61 Å². The summed E-state index contributed by atoms with van der Waals surface area (Å²) in [6.07, 6.45) is -0.153. The summed E-state index contributed by atoms with van der Waals surface area (Å²) in [6.45, 7) is 3.16. The van der Waals surface area contributed by atoms with Crippen molar-refractivity contribution in [2.24, 2.45) is 11.8 Å². The Morgan fingerprint density at radius 3 is 2.42 bits per heavy atom. The Labute approximate surface area is 207 Å². The Morgan fingerprint density at radius 2 is 1.81 bits per heavy atom. The van der Waals surface area contributed by atoms with Crippen molar-refractivity contribution in [3.8, 4) is 22.9 Å². The van der Waals surface area contributed by atoms with Crippen LogP contribution in [-0.4, -0.2) is 46.0 Å². The van der Waals surface area contributed by atoms with E-state index in [1.807, 2.05) is 4.90 Å². The van der Waals surface area contributed by atoms with Crippen molar-refractivity contribution in [3.63, 3.8) is 0 Å². The summed E-state index contributed by atoms with van der Waals surface area (Å²) >= 11 is 1.16. The van der Waals surface area contributed by atoms with E-state index in [1.165, 1.54) is 0 Å². The lowest BCUT2D eigenvalue weighted by molar-refractivity contribution is -0.139. The van der Waals surface area contributed by atoms with Crippen LogP contribution in [-0.2, 0) is 6.18 Å². The maximum Gasteiger partial charge on any atom is 0.419 e. The van der Waals surface area contributed by atoms with E-state index in [0.717, 1.165) is 31.0 Å². The van der Waals surface area contributed by atoms with Gasteiger partial charge in [0.25, 0.3) is 0 Å². The van der Waals surface area contributed by atoms with E-state index in [1.54, 1.807) is 13.2 Å². The number of benzene rings is 1. The normalized spacial score (nSPS) is 19.8. The summed E-state index contributed by atoms with van der Waals surface area (Å²) < 4.78 is 77.5. The fourth-order valence-electron chi connectivity index (χ4n) is 5.29. The highest BCUT2D eigenvalue weighted by Crippen LogP contribution is 2.45. The lowest BCUT2D eigenvalue weighted by atomic mass is 9.98. The maximum absolute atomic E-state index is 16.0. The highest BCUT2D eigenvalue weighted by atomic mass is 32.2. The van der Waals surface area contributed by atoms with Crippen LogP contribution >= 0.6 is 11.8 Å². The standard InChI is InChI=1S/C24H23F5N4O2S/c1-3-35-22-16-20(31-23(36-2)32-21(16)33-9-11-4-5-12(6-11)10-33)18(26)19(30-22)14-7-13(34)8-15(25)17(14)24(27,28)29/h7-8,11-12,34H,3-6,9-10H2,1-2H3. The zero-order valence-electron chi connectivity index (χ0n) is 19.5. The first-order valence-electron chi connectivity index (χ1n) is 11.5. The lowest BCUT2D eigenvalue weighted by Gasteiger charge is -2.33. The van der Waals surface area contributed by atoms with Crippen molar-refractivity contribution in [1.82, 2.24) is 15.0 Å². The molecule has 3 aromatic rings. The number of nitrogens with zero attached hydrogens (tertiary/aromatic N) is 4. The SMILES string of the molecule is CCOc1nc(-c2cc(O)cc(F)c2C(F)(F)F)c(F)c2nc(SC)nc(N3CC4CCC(C4)C3)c12. The number of rotatable bonds is 5. The van der Waals surface area contributed by atoms with Gasteiger partial charge in [0, 0.05) is 24.7 Å². The second-order valence-electron chi connectivity index (χ2n) is 9.07. The molecule has 6 nitrogen and oxygen atoms in total. The van der Waals surface area contributed by atoms with Gasteiger partial charge < -0.3 is 14.7 Å². The molecule has 2 bridgehead atoms. The van der Waals surface area contributed by atoms with Gasteiger partial charge in [-0.05, 0) is 50.3 Å². The van der Waals surface area contributed by atoms with Gasteiger partial charge in [-0.25, -0.2) is 23.7 Å². The van der Waals surface area contributed by atoms with Crippen molar-refractivity contribution >= 4 is 28.5 Å². The number of alkyl halides is 3. The monoisotopic (exact) mass is 526 g/mol. The molecule has 3 heterocycles. The van der Waals surface area contributed by atoms with Gasteiger partial charge in [0.1, 0.15) is 39.5 Å². The number of hydrogen-bond donors (Lipinski definition) is 1. The van der Waals surface area contributed by atoms with Gasteiger partial charge in [-0.1, -0.05) is 11.8 Å². The van der Waals surface area contributed by atoms with E-state index in [-0.39, 0.29) is 28.5 Å². The lowest BCUT2D eigenvalue weighted by Crippen LogP contribution is -2.37. The van der Waals surface area contributed by atoms with Gasteiger partial charge >= 0.3 is 6.18 Å². The number of aromatic hydroxyl groups is 1. The summed E-state index contributed by atoms with van der Waals surface area (Å²) in [5.74, 6) is -2.50. The quantitative estimate of drug-likeness (QED) is 0.247. The summed E-state index contributed by atoms with van der Waals surface area (Å²) in [5.41, 5.74) is -3.77. The van der Waals surface area contributed by atoms with Gasteiger partial charge in [0.2, 0.25) is 5.88 Å². The largest absolute Gasteiger partial charge is 0.508 e. The molecule has 2 aromatic heterocycles. The molecule has 1 aromatic carbocycles. The van der Waals surface area contributed by atoms with E-state index in [9.17, 15) is 22.7 Å². The average Bonchev–Trinajstić information content (AvgIpc) is 3.16. The van der Waals surface area contributed by atoms with Crippen molar-refractivity contribution in [1.29, 1.82) is 0 Å². The van der Waals surface area contributed by atoms with Crippen LogP contribution in [0.2, 0.25) is 0 Å². The molecule has 0 spiro atoms. The Morgan fingerprint density at radius 1 is 1.11 bits per heavy atom. The smallest absolute Gasteiger partial charge is 0.419 e. The summed E-state index contributed by atoms with van der Waals surface area (Å²) in [4.78, 5) is 15.0. The number of pyridine rings is 1. The van der Waals surface area contributed by atoms with Crippen LogP contribution in [0.5, 0.6) is 11.6 Å². The summed E-state index contributed by atoms with van der Waals surface area (Å²) in [5, 5.41) is 10.2. The van der Waals surface area contributed by atoms with Crippen LogP contribution in [0, 0.1) is 23.5 Å². The number of thioether (sulfide) groups is 1. The third-order valence-electron chi connectivity index (χ3n) is 6.70. The minimum atomic E-state index is -5.17. The third kappa shape index (κ3) is 4.29. The number of aromatic nitrogens is 3. The van der Waals surface area contributed by atoms with Gasteiger partial charge in [0.15, 0.2) is 11.0 Å². The zero-order valence-corrected chi connectivity index (χ0v) is 20.3. The Kier molecular flexibility index (Phi) is 6.34. The van der Waals surface area contributed by atoms with Crippen molar-refractivity contribution in [2.45, 2.75) is 37.5 Å². The zero-order chi connectivity index (χ0) is 25.8. The van der Waals surface area contributed by atoms with Gasteiger partial charge in [-0.15, -0.1) is 0 Å². The first-order valence-corrected chi connectivity index (χ1v) is 12.8. The maximum atomic E-state index is 16.0. The van der Waals surface area contributed by atoms with Crippen molar-refractivity contribution in [3.05, 3.63) is 29.3 Å². The van der Waals surface area contributed by atoms with Crippen LogP contribution in [0.15, 0.2) is 17.3 Å². The summed E-state index contributed by atoms with van der Waals surface area (Å²) in [7, 11) is 0. The third-order valence-corrected chi connectivity index (χ3v) is 7.24. The molecule has 0 radical (unpaired) electrons. The van der Waals surface area contributed by atoms with E-state index in [0.29, 0.717) is 42.9 Å². The molecule has 1 aliphatic carbocycles. The Balaban J connectivity index is 1.81. The Hall–Kier alpha value is -2.89. The second kappa shape index (κ2) is 9.20. The van der Waals surface area contributed by atoms with Crippen LogP contribution in [0.25, 0.3) is 22.2 Å². The molecule has 12 heteroatoms. The molecule has 2 unspecified atom stereocenters. The predicted molar refractivity (Wildman–Crippen MR) is 125 cm³/mol. The molecule has 1 N–H and O–H groups in total. The number of phenolic OH excluding ortho intramolecular Hbond substituents is 1. The number of anilines is 1. The summed E-state index contributed by atoms with van der Waals surface area (Å²) in [6, 6.07) is 0.963. The van der Waals surface area contributed by atoms with E-state index in [2.05, 4.69) is 15.0 Å². The Bertz CT molecular complexity index is 1320. The first kappa shape index (κ1) is 24.8. The molecule has 0 amide bonds. The van der Waals surface area contributed by atoms with Crippen molar-refractivity contribution in [2.75, 3.05) is 30.9 Å². The molecule has 5 rings (SSSR count). The average molecular weight is 527 g/mol. The molecule has 192 valence electrons. The fraction of sp³-hybridized carbons (Fsp3) is 0.458. The van der Waals surface area contributed by atoms with E-state index < -0.39 is 40.4 Å². The molecular weight excluding hydrogens is 503 g/mol. The molecule has 2 fully saturated rings. The molecular formula is C24H23F5N4O2S. The molecule has 36 heavy (non-hydrogen) atoms. The molecule has 2 aliphatic rings. The molecule has 1 saturated heterocycles. The van der Waals surface area contributed by atoms with Gasteiger partial charge in [-0.2, -0.15) is 13.2 Å². The van der Waals surface area contributed by atoms with Crippen molar-refractivity contribution < 1.29 is 31.8 Å². The number of piperidine rings is 1. The highest BCUT2D eigenvalue weighted by Gasteiger charge is 2.40. The molecule has 1 aliphatic heterocycles. The minimum Gasteiger partial charge on any atom is -0.508 e. The molecule has 2 atom stereocenters. The predicted octanol–water partition coefficient (Wildman–Crippen LogP) is 6.05. The van der Waals surface area contributed by atoms with Crippen LogP contribution in [0.4, 0.5) is 27.8 Å². The molecule has 1 saturated carbocycles. The topological polar surface area (TPSA) is 71.4 Å². The van der Waals surface area contributed by atoms with E-state index >= 15 is 4.39 Å². The minimum absolute atomic E-state index is 0.0860. The fourth-order valence-corrected chi connectivity index (χ4v) is 5.65. The number of fused-ring (bicyclic) bond motifs is 3. The first-order chi connectivity index (χ1) is 17.1. The van der Waals surface area contributed by atoms with Crippen LogP contribution in [0.3, 0.4) is 0 Å². The number of phenols is 1. The second-order valence-corrected chi connectivity index (χ2v) is 9.84. The van der Waals surface area contributed by atoms with Gasteiger partial charge in [-0.3, -0.25) is 0 Å².